The summed E-state index contributed by atoms with van der Waals surface area (Å²) in [6.07, 6.45) is 4.03. The third-order valence-corrected chi connectivity index (χ3v) is 4.85. The quantitative estimate of drug-likeness (QED) is 0.906. The Hall–Kier alpha value is -1.55. The predicted octanol–water partition coefficient (Wildman–Crippen LogP) is 4.03. The van der Waals surface area contributed by atoms with Crippen molar-refractivity contribution in [2.75, 3.05) is 6.54 Å². The van der Waals surface area contributed by atoms with Gasteiger partial charge in [-0.1, -0.05) is 20.8 Å². The molecule has 0 fully saturated rings. The maximum absolute atomic E-state index is 5.69. The number of nitrogens with one attached hydrogen (secondary N) is 1. The van der Waals surface area contributed by atoms with Crippen LogP contribution < -0.4 is 5.32 Å². The molecule has 2 heterocycles. The van der Waals surface area contributed by atoms with Crippen LogP contribution in [-0.2, 0) is 13.0 Å². The third kappa shape index (κ3) is 3.69. The molecule has 1 N–H and O–H groups in total. The first kappa shape index (κ1) is 16.3. The van der Waals surface area contributed by atoms with Crippen molar-refractivity contribution in [3.8, 4) is 0 Å². The lowest BCUT2D eigenvalue weighted by Crippen LogP contribution is -2.35. The summed E-state index contributed by atoms with van der Waals surface area (Å²) in [6.45, 7) is 13.1. The van der Waals surface area contributed by atoms with Crippen LogP contribution >= 0.6 is 0 Å². The van der Waals surface area contributed by atoms with Gasteiger partial charge in [0.1, 0.15) is 5.76 Å². The molecule has 2 aromatic heterocycles. The number of aromatic nitrogens is 2. The minimum atomic E-state index is 0.293. The van der Waals surface area contributed by atoms with Crippen molar-refractivity contribution in [1.29, 1.82) is 0 Å². The van der Waals surface area contributed by atoms with E-state index >= 15 is 0 Å². The highest BCUT2D eigenvalue weighted by molar-refractivity contribution is 5.26. The molecule has 1 aliphatic rings. The van der Waals surface area contributed by atoms with Crippen LogP contribution in [0, 0.1) is 25.2 Å². The Morgan fingerprint density at radius 1 is 1.43 bits per heavy atom. The molecule has 23 heavy (non-hydrogen) atoms. The highest BCUT2D eigenvalue weighted by Crippen LogP contribution is 2.41. The van der Waals surface area contributed by atoms with Gasteiger partial charge in [0.2, 0.25) is 0 Å². The van der Waals surface area contributed by atoms with E-state index < -0.39 is 0 Å². The Morgan fingerprint density at radius 2 is 2.22 bits per heavy atom. The highest BCUT2D eigenvalue weighted by atomic mass is 16.3. The molecule has 0 bridgehead atoms. The molecular weight excluding hydrogens is 286 g/mol. The van der Waals surface area contributed by atoms with E-state index in [0.717, 1.165) is 37.4 Å². The smallest absolute Gasteiger partial charge is 0.109 e. The number of hydrogen-bond acceptors (Lipinski definition) is 3. The minimum Gasteiger partial charge on any atom is -0.469 e. The van der Waals surface area contributed by atoms with E-state index in [1.54, 1.807) is 0 Å². The zero-order valence-electron chi connectivity index (χ0n) is 15.0. The second kappa shape index (κ2) is 6.16. The fourth-order valence-electron chi connectivity index (χ4n) is 3.72. The van der Waals surface area contributed by atoms with Gasteiger partial charge in [-0.25, -0.2) is 0 Å². The van der Waals surface area contributed by atoms with E-state index in [1.807, 2.05) is 6.26 Å². The van der Waals surface area contributed by atoms with Crippen molar-refractivity contribution < 1.29 is 4.42 Å². The summed E-state index contributed by atoms with van der Waals surface area (Å²) in [5, 5.41) is 8.33. The molecule has 4 heteroatoms. The van der Waals surface area contributed by atoms with Crippen LogP contribution in [0.5, 0.6) is 0 Å². The molecule has 3 rings (SSSR count). The number of aryl methyl sites for hydroxylation is 2. The molecule has 0 amide bonds. The molecule has 0 unspecified atom stereocenters. The van der Waals surface area contributed by atoms with Crippen molar-refractivity contribution in [2.24, 2.45) is 11.3 Å². The maximum atomic E-state index is 5.69. The van der Waals surface area contributed by atoms with Crippen LogP contribution in [0.15, 0.2) is 22.8 Å². The second-order valence-electron chi connectivity index (χ2n) is 8.02. The standard InChI is InChI=1S/C19H29N3O/c1-13(12-22-15(3)8-14(2)21-22)11-20-17-9-19(4,5)10-18-16(17)6-7-23-18/h6-8,13,17,20H,9-12H2,1-5H3/t13-,17+/m0/s1. The van der Waals surface area contributed by atoms with Gasteiger partial charge in [-0.3, -0.25) is 4.68 Å². The summed E-state index contributed by atoms with van der Waals surface area (Å²) in [5.74, 6) is 1.69. The Morgan fingerprint density at radius 3 is 2.91 bits per heavy atom. The molecule has 2 aromatic rings. The van der Waals surface area contributed by atoms with Crippen LogP contribution in [0.3, 0.4) is 0 Å². The fourth-order valence-corrected chi connectivity index (χ4v) is 3.72. The Bertz CT molecular complexity index is 668. The second-order valence-corrected chi connectivity index (χ2v) is 8.02. The molecule has 0 saturated carbocycles. The van der Waals surface area contributed by atoms with Gasteiger partial charge in [0.25, 0.3) is 0 Å². The van der Waals surface area contributed by atoms with Gasteiger partial charge in [0.15, 0.2) is 0 Å². The van der Waals surface area contributed by atoms with Gasteiger partial charge >= 0.3 is 0 Å². The summed E-state index contributed by atoms with van der Waals surface area (Å²) >= 11 is 0. The molecule has 2 atom stereocenters. The monoisotopic (exact) mass is 315 g/mol. The van der Waals surface area contributed by atoms with Crippen molar-refractivity contribution in [1.82, 2.24) is 15.1 Å². The summed E-state index contributed by atoms with van der Waals surface area (Å²) < 4.78 is 7.81. The molecule has 1 aliphatic carbocycles. The molecule has 0 radical (unpaired) electrons. The first-order valence-corrected chi connectivity index (χ1v) is 8.65. The average molecular weight is 315 g/mol. The van der Waals surface area contributed by atoms with E-state index in [4.69, 9.17) is 4.42 Å². The number of hydrogen-bond donors (Lipinski definition) is 1. The molecular formula is C19H29N3O. The van der Waals surface area contributed by atoms with E-state index in [2.05, 4.69) is 61.8 Å². The van der Waals surface area contributed by atoms with Crippen LogP contribution in [0.25, 0.3) is 0 Å². The Labute approximate surface area is 139 Å². The third-order valence-electron chi connectivity index (χ3n) is 4.85. The maximum Gasteiger partial charge on any atom is 0.109 e. The topological polar surface area (TPSA) is 43.0 Å². The molecule has 4 nitrogen and oxygen atoms in total. The Kier molecular flexibility index (Phi) is 4.37. The number of fused-ring (bicyclic) bond motifs is 1. The van der Waals surface area contributed by atoms with Gasteiger partial charge in [-0.05, 0) is 43.7 Å². The van der Waals surface area contributed by atoms with Gasteiger partial charge in [-0.15, -0.1) is 0 Å². The van der Waals surface area contributed by atoms with Crippen molar-refractivity contribution >= 4 is 0 Å². The summed E-state index contributed by atoms with van der Waals surface area (Å²) in [5.41, 5.74) is 3.98. The van der Waals surface area contributed by atoms with Crippen molar-refractivity contribution in [2.45, 2.75) is 60.0 Å². The summed E-state index contributed by atoms with van der Waals surface area (Å²) in [6, 6.07) is 4.67. The van der Waals surface area contributed by atoms with Crippen LogP contribution in [0.4, 0.5) is 0 Å². The lowest BCUT2D eigenvalue weighted by Gasteiger charge is -2.35. The molecule has 126 valence electrons. The highest BCUT2D eigenvalue weighted by Gasteiger charge is 2.34. The summed E-state index contributed by atoms with van der Waals surface area (Å²) in [7, 11) is 0. The molecule has 0 spiro atoms. The lowest BCUT2D eigenvalue weighted by molar-refractivity contribution is 0.229. The van der Waals surface area contributed by atoms with Crippen molar-refractivity contribution in [3.63, 3.8) is 0 Å². The number of furan rings is 1. The first-order valence-electron chi connectivity index (χ1n) is 8.65. The lowest BCUT2D eigenvalue weighted by atomic mass is 9.74. The number of nitrogens with zero attached hydrogens (tertiary/aromatic N) is 2. The van der Waals surface area contributed by atoms with E-state index in [1.165, 1.54) is 11.3 Å². The first-order chi connectivity index (χ1) is 10.8. The normalized spacial score (nSPS) is 21.2. The predicted molar refractivity (Wildman–Crippen MR) is 92.4 cm³/mol. The SMILES string of the molecule is Cc1cc(C)n(C[C@@H](C)CN[C@@H]2CC(C)(C)Cc3occc32)n1. The van der Waals surface area contributed by atoms with Crippen LogP contribution in [0.1, 0.15) is 55.9 Å². The fraction of sp³-hybridized carbons (Fsp3) is 0.632. The van der Waals surface area contributed by atoms with Crippen LogP contribution in [-0.4, -0.2) is 16.3 Å². The zero-order chi connectivity index (χ0) is 16.6. The molecule has 0 saturated heterocycles. The minimum absolute atomic E-state index is 0.293. The van der Waals surface area contributed by atoms with Crippen LogP contribution in [0.2, 0.25) is 0 Å². The van der Waals surface area contributed by atoms with E-state index in [9.17, 15) is 0 Å². The van der Waals surface area contributed by atoms with Crippen molar-refractivity contribution in [3.05, 3.63) is 41.1 Å². The molecule has 0 aromatic carbocycles. The van der Waals surface area contributed by atoms with Gasteiger partial charge < -0.3 is 9.73 Å². The largest absolute Gasteiger partial charge is 0.469 e. The van der Waals surface area contributed by atoms with Gasteiger partial charge in [-0.2, -0.15) is 5.10 Å². The van der Waals surface area contributed by atoms with Gasteiger partial charge in [0.05, 0.1) is 12.0 Å². The van der Waals surface area contributed by atoms with E-state index in [0.29, 0.717) is 17.4 Å². The van der Waals surface area contributed by atoms with E-state index in [-0.39, 0.29) is 0 Å². The zero-order valence-corrected chi connectivity index (χ0v) is 15.0. The average Bonchev–Trinajstić information content (AvgIpc) is 3.01. The molecule has 0 aliphatic heterocycles. The summed E-state index contributed by atoms with van der Waals surface area (Å²) in [4.78, 5) is 0. The number of rotatable bonds is 5. The van der Waals surface area contributed by atoms with Gasteiger partial charge in [0, 0.05) is 36.8 Å². The Balaban J connectivity index is 1.61.